The van der Waals surface area contributed by atoms with Gasteiger partial charge in [-0.05, 0) is 0 Å². The fourth-order valence-electron chi connectivity index (χ4n) is 0.0437. The van der Waals surface area contributed by atoms with Crippen LogP contribution in [0.1, 0.15) is 0 Å². The van der Waals surface area contributed by atoms with Crippen molar-refractivity contribution in [2.24, 2.45) is 0 Å². The summed E-state index contributed by atoms with van der Waals surface area (Å²) in [5.41, 5.74) is -0.954. The van der Waals surface area contributed by atoms with Gasteiger partial charge >= 0.3 is 15.4 Å². The monoisotopic (exact) mass is 117 g/mol. The zero-order chi connectivity index (χ0) is 4.99. The summed E-state index contributed by atoms with van der Waals surface area (Å²) in [7, 11) is 2.02. The Morgan fingerprint density at radius 2 is 2.50 bits per heavy atom. The molecule has 0 atom stereocenters. The van der Waals surface area contributed by atoms with Gasteiger partial charge in [0.15, 0.2) is 0 Å². The molecule has 0 spiro atoms. The molecule has 0 aromatic carbocycles. The summed E-state index contributed by atoms with van der Waals surface area (Å²) in [6.45, 7) is 0. The number of carboxylic acid groups (broad SMARTS) is 1. The van der Waals surface area contributed by atoms with E-state index < -0.39 is 15.4 Å². The third-order valence-electron chi connectivity index (χ3n) is 0.138. The maximum atomic E-state index is 9.46. The van der Waals surface area contributed by atoms with Gasteiger partial charge in [-0.15, -0.1) is 0 Å². The second-order valence-corrected chi connectivity index (χ2v) is 1.96. The zero-order valence-corrected chi connectivity index (χ0v) is 4.76. The fraction of sp³-hybridized carbons (Fsp3) is 0. The van der Waals surface area contributed by atoms with Crippen LogP contribution < -0.4 is 0 Å². The first-order valence-corrected chi connectivity index (χ1v) is 2.40. The molecule has 0 aromatic rings. The molecule has 0 fully saturated rings. The third-order valence-corrected chi connectivity index (χ3v) is 0.721. The van der Waals surface area contributed by atoms with Crippen molar-refractivity contribution in [2.75, 3.05) is 0 Å². The minimum Gasteiger partial charge on any atom is -0.484 e. The summed E-state index contributed by atoms with van der Waals surface area (Å²) in [6.07, 6.45) is 0. The lowest BCUT2D eigenvalue weighted by Gasteiger charge is -1.80. The van der Waals surface area contributed by atoms with Crippen LogP contribution in [0.4, 0.5) is 4.79 Å². The van der Waals surface area contributed by atoms with Crippen LogP contribution in [0.15, 0.2) is 0 Å². The van der Waals surface area contributed by atoms with Crippen molar-refractivity contribution in [2.45, 2.75) is 0 Å². The van der Waals surface area contributed by atoms with E-state index in [0.29, 0.717) is 0 Å². The van der Waals surface area contributed by atoms with Crippen LogP contribution in [0.2, 0.25) is 0 Å². The molecule has 3 nitrogen and oxygen atoms in total. The SMILES string of the molecule is O=C(O)[Si]O[Si]. The molecule has 0 saturated heterocycles. The topological polar surface area (TPSA) is 46.5 Å². The summed E-state index contributed by atoms with van der Waals surface area (Å²) in [5, 5.41) is 7.77. The van der Waals surface area contributed by atoms with Gasteiger partial charge in [-0.3, -0.25) is 4.79 Å². The summed E-state index contributed by atoms with van der Waals surface area (Å²) >= 11 is 0. The van der Waals surface area contributed by atoms with E-state index in [9.17, 15) is 4.79 Å². The molecule has 0 aliphatic heterocycles. The van der Waals surface area contributed by atoms with Crippen LogP contribution in [0.5, 0.6) is 0 Å². The van der Waals surface area contributed by atoms with Gasteiger partial charge in [-0.1, -0.05) is 0 Å². The lowest BCUT2D eigenvalue weighted by molar-refractivity contribution is 0.217. The van der Waals surface area contributed by atoms with Gasteiger partial charge in [0.1, 0.15) is 0 Å². The minimum atomic E-state index is -0.954. The highest BCUT2D eigenvalue weighted by atomic mass is 28.3. The van der Waals surface area contributed by atoms with Crippen LogP contribution in [-0.2, 0) is 4.12 Å². The highest BCUT2D eigenvalue weighted by molar-refractivity contribution is 6.68. The fourth-order valence-corrected chi connectivity index (χ4v) is 0.393. The largest absolute Gasteiger partial charge is 0.484 e. The van der Waals surface area contributed by atoms with Gasteiger partial charge in [-0.25, -0.2) is 0 Å². The molecule has 5 radical (unpaired) electrons. The molecule has 0 aliphatic carbocycles. The quantitative estimate of drug-likeness (QED) is 0.490. The van der Waals surface area contributed by atoms with Gasteiger partial charge in [0.2, 0.25) is 10.5 Å². The molecule has 6 heavy (non-hydrogen) atoms. The summed E-state index contributed by atoms with van der Waals surface area (Å²) in [4.78, 5) is 9.46. The van der Waals surface area contributed by atoms with Crippen molar-refractivity contribution in [1.29, 1.82) is 0 Å². The van der Waals surface area contributed by atoms with E-state index >= 15 is 0 Å². The summed E-state index contributed by atoms with van der Waals surface area (Å²) in [6, 6.07) is 0. The Morgan fingerprint density at radius 1 is 2.00 bits per heavy atom. The van der Waals surface area contributed by atoms with Gasteiger partial charge < -0.3 is 9.22 Å². The van der Waals surface area contributed by atoms with Crippen LogP contribution in [-0.4, -0.2) is 30.9 Å². The smallest absolute Gasteiger partial charge is 0.365 e. The number of hydrogen-bond donors (Lipinski definition) is 1. The summed E-state index contributed by atoms with van der Waals surface area (Å²) in [5.74, 6) is 0. The van der Waals surface area contributed by atoms with Gasteiger partial charge in [0.05, 0.1) is 0 Å². The van der Waals surface area contributed by atoms with E-state index in [2.05, 4.69) is 14.6 Å². The van der Waals surface area contributed by atoms with E-state index in [1.807, 2.05) is 0 Å². The Hall–Kier alpha value is -0.136. The molecule has 0 aromatic heterocycles. The van der Waals surface area contributed by atoms with E-state index in [0.717, 1.165) is 0 Å². The predicted octanol–water partition coefficient (Wildman–Crippen LogP) is -0.616. The first kappa shape index (κ1) is 5.86. The van der Waals surface area contributed by atoms with Crippen LogP contribution in [0, 0.1) is 0 Å². The van der Waals surface area contributed by atoms with Crippen LogP contribution >= 0.6 is 0 Å². The highest BCUT2D eigenvalue weighted by Gasteiger charge is 1.93. The molecule has 0 unspecified atom stereocenters. The molecule has 0 bridgehead atoms. The van der Waals surface area contributed by atoms with E-state index in [1.165, 1.54) is 0 Å². The molecular weight excluding hydrogens is 116 g/mol. The molecule has 31 valence electrons. The van der Waals surface area contributed by atoms with Crippen LogP contribution in [0.25, 0.3) is 0 Å². The van der Waals surface area contributed by atoms with Gasteiger partial charge in [-0.2, -0.15) is 0 Å². The van der Waals surface area contributed by atoms with Gasteiger partial charge in [0.25, 0.3) is 0 Å². The average Bonchev–Trinajstić information content (AvgIpc) is 1.35. The third kappa shape index (κ3) is 3.86. The Labute approximate surface area is 40.8 Å². The molecule has 0 aliphatic rings. The maximum Gasteiger partial charge on any atom is 0.365 e. The van der Waals surface area contributed by atoms with Crippen molar-refractivity contribution < 1.29 is 14.0 Å². The normalized spacial score (nSPS) is 8.17. The second-order valence-electron chi connectivity index (χ2n) is 0.509. The number of hydrogen-bond acceptors (Lipinski definition) is 2. The lowest BCUT2D eigenvalue weighted by atomic mass is 11.6. The Kier molecular flexibility index (Phi) is 3.00. The van der Waals surface area contributed by atoms with E-state index in [4.69, 9.17) is 5.11 Å². The Bertz CT molecular complexity index is 52.8. The van der Waals surface area contributed by atoms with Crippen LogP contribution in [0.3, 0.4) is 0 Å². The van der Waals surface area contributed by atoms with Crippen molar-refractivity contribution in [3.63, 3.8) is 0 Å². The standard InChI is InChI=1S/CHO3Si2/c2-1(3)6-4-5/h(H,2,3). The second kappa shape index (κ2) is 3.07. The lowest BCUT2D eigenvalue weighted by Crippen LogP contribution is -2.06. The van der Waals surface area contributed by atoms with Crippen molar-refractivity contribution >= 4 is 25.8 Å². The Morgan fingerprint density at radius 3 is 2.50 bits per heavy atom. The van der Waals surface area contributed by atoms with Gasteiger partial charge in [0, 0.05) is 0 Å². The molecular formula is CHO3Si2. The minimum absolute atomic E-state index is 0.498. The molecule has 0 heterocycles. The highest BCUT2D eigenvalue weighted by Crippen LogP contribution is 1.60. The van der Waals surface area contributed by atoms with Crippen molar-refractivity contribution in [1.82, 2.24) is 0 Å². The first-order valence-electron chi connectivity index (χ1n) is 1.09. The zero-order valence-electron chi connectivity index (χ0n) is 2.76. The molecule has 0 rings (SSSR count). The first-order chi connectivity index (χ1) is 2.77. The Balaban J connectivity index is 2.83. The van der Waals surface area contributed by atoms with Crippen molar-refractivity contribution in [3.8, 4) is 0 Å². The molecule has 0 saturated carbocycles. The van der Waals surface area contributed by atoms with E-state index in [-0.39, 0.29) is 0 Å². The predicted molar refractivity (Wildman–Crippen MR) is 20.6 cm³/mol. The molecule has 5 heteroatoms. The molecule has 1 N–H and O–H groups in total. The average molecular weight is 117 g/mol. The van der Waals surface area contributed by atoms with E-state index in [1.54, 1.807) is 0 Å². The van der Waals surface area contributed by atoms with Crippen molar-refractivity contribution in [3.05, 3.63) is 0 Å². The number of rotatable bonds is 2. The molecule has 0 amide bonds. The number of carbonyl (C=O) groups is 1. The maximum absolute atomic E-state index is 9.46. The summed E-state index contributed by atoms with van der Waals surface area (Å²) < 4.78 is 4.04.